The highest BCUT2D eigenvalue weighted by molar-refractivity contribution is 5.84. The lowest BCUT2D eigenvalue weighted by atomic mass is 9.99. The van der Waals surface area contributed by atoms with Crippen molar-refractivity contribution in [2.75, 3.05) is 7.11 Å². The largest absolute Gasteiger partial charge is 0.507 e. The van der Waals surface area contributed by atoms with E-state index in [1.165, 1.54) is 5.56 Å². The molecule has 0 radical (unpaired) electrons. The molecule has 4 aromatic rings. The molecular formula is C25H23NO4. The van der Waals surface area contributed by atoms with Crippen molar-refractivity contribution in [2.24, 2.45) is 0 Å². The Kier molecular flexibility index (Phi) is 5.44. The molecular weight excluding hydrogens is 378 g/mol. The van der Waals surface area contributed by atoms with Gasteiger partial charge in [-0.1, -0.05) is 41.6 Å². The van der Waals surface area contributed by atoms with E-state index in [4.69, 9.17) is 14.0 Å². The Balaban J connectivity index is 1.61. The second-order valence-electron chi connectivity index (χ2n) is 7.09. The highest BCUT2D eigenvalue weighted by Crippen LogP contribution is 2.40. The predicted molar refractivity (Wildman–Crippen MR) is 116 cm³/mol. The van der Waals surface area contributed by atoms with Crippen molar-refractivity contribution in [1.82, 2.24) is 5.16 Å². The number of phenols is 1. The molecule has 0 fully saturated rings. The Morgan fingerprint density at radius 3 is 2.37 bits per heavy atom. The Morgan fingerprint density at radius 1 is 0.933 bits per heavy atom. The number of benzene rings is 3. The fraction of sp³-hybridized carbons (Fsp3) is 0.160. The zero-order valence-corrected chi connectivity index (χ0v) is 17.2. The molecule has 0 aliphatic rings. The molecule has 0 unspecified atom stereocenters. The maximum Gasteiger partial charge on any atom is 0.178 e. The van der Waals surface area contributed by atoms with Gasteiger partial charge in [-0.3, -0.25) is 0 Å². The smallest absolute Gasteiger partial charge is 0.178 e. The number of hydrogen-bond acceptors (Lipinski definition) is 5. The highest BCUT2D eigenvalue weighted by Gasteiger charge is 2.20. The second-order valence-corrected chi connectivity index (χ2v) is 7.09. The lowest BCUT2D eigenvalue weighted by molar-refractivity contribution is 0.303. The number of nitrogens with zero attached hydrogens (tertiary/aromatic N) is 1. The van der Waals surface area contributed by atoms with Gasteiger partial charge < -0.3 is 19.1 Å². The molecule has 1 heterocycles. The maximum absolute atomic E-state index is 10.7. The number of aromatic nitrogens is 1. The van der Waals surface area contributed by atoms with Crippen LogP contribution in [0.1, 0.15) is 16.8 Å². The molecule has 5 heteroatoms. The van der Waals surface area contributed by atoms with E-state index in [0.717, 1.165) is 28.1 Å². The van der Waals surface area contributed by atoms with E-state index in [-0.39, 0.29) is 5.75 Å². The summed E-state index contributed by atoms with van der Waals surface area (Å²) in [7, 11) is 1.63. The van der Waals surface area contributed by atoms with Gasteiger partial charge in [0.2, 0.25) is 0 Å². The van der Waals surface area contributed by atoms with E-state index < -0.39 is 0 Å². The topological polar surface area (TPSA) is 64.7 Å². The van der Waals surface area contributed by atoms with E-state index in [2.05, 4.69) is 5.16 Å². The van der Waals surface area contributed by atoms with Gasteiger partial charge in [0.25, 0.3) is 0 Å². The first-order valence-electron chi connectivity index (χ1n) is 9.68. The molecule has 152 valence electrons. The van der Waals surface area contributed by atoms with Crippen LogP contribution in [0.15, 0.2) is 71.3 Å². The molecule has 0 saturated heterocycles. The highest BCUT2D eigenvalue weighted by atomic mass is 16.5. The Labute approximate surface area is 175 Å². The van der Waals surface area contributed by atoms with Gasteiger partial charge in [-0.15, -0.1) is 0 Å². The van der Waals surface area contributed by atoms with Crippen molar-refractivity contribution >= 4 is 0 Å². The molecule has 0 saturated carbocycles. The summed E-state index contributed by atoms with van der Waals surface area (Å²) >= 11 is 0. The number of aromatic hydroxyl groups is 1. The first kappa shape index (κ1) is 19.6. The Bertz CT molecular complexity index is 1160. The van der Waals surface area contributed by atoms with Crippen molar-refractivity contribution in [1.29, 1.82) is 0 Å². The quantitative estimate of drug-likeness (QED) is 0.434. The van der Waals surface area contributed by atoms with Crippen molar-refractivity contribution in [3.05, 3.63) is 83.6 Å². The van der Waals surface area contributed by atoms with E-state index >= 15 is 0 Å². The first-order chi connectivity index (χ1) is 14.6. The number of ether oxygens (including phenoxy) is 2. The van der Waals surface area contributed by atoms with Crippen LogP contribution in [-0.2, 0) is 6.61 Å². The lowest BCUT2D eigenvalue weighted by Crippen LogP contribution is -1.97. The summed E-state index contributed by atoms with van der Waals surface area (Å²) in [5.41, 5.74) is 5.35. The number of rotatable bonds is 6. The minimum atomic E-state index is 0.0724. The number of hydrogen-bond donors (Lipinski definition) is 1. The summed E-state index contributed by atoms with van der Waals surface area (Å²) in [6, 6.07) is 20.9. The van der Waals surface area contributed by atoms with E-state index in [9.17, 15) is 5.11 Å². The molecule has 1 aromatic heterocycles. The molecule has 30 heavy (non-hydrogen) atoms. The van der Waals surface area contributed by atoms with Crippen molar-refractivity contribution in [3.8, 4) is 39.7 Å². The fourth-order valence-corrected chi connectivity index (χ4v) is 3.38. The summed E-state index contributed by atoms with van der Waals surface area (Å²) in [4.78, 5) is 0. The summed E-state index contributed by atoms with van der Waals surface area (Å²) in [6.07, 6.45) is 0. The van der Waals surface area contributed by atoms with Gasteiger partial charge in [-0.25, -0.2) is 0 Å². The van der Waals surface area contributed by atoms with Crippen LogP contribution >= 0.6 is 0 Å². The lowest BCUT2D eigenvalue weighted by Gasteiger charge is -2.11. The molecule has 3 aromatic carbocycles. The molecule has 0 spiro atoms. The molecule has 0 atom stereocenters. The first-order valence-corrected chi connectivity index (χ1v) is 9.68. The van der Waals surface area contributed by atoms with Gasteiger partial charge in [0, 0.05) is 6.07 Å². The van der Waals surface area contributed by atoms with Crippen LogP contribution in [0.2, 0.25) is 0 Å². The summed E-state index contributed by atoms with van der Waals surface area (Å²) in [5, 5.41) is 14.8. The molecule has 0 amide bonds. The van der Waals surface area contributed by atoms with Crippen LogP contribution in [-0.4, -0.2) is 17.4 Å². The third-order valence-electron chi connectivity index (χ3n) is 5.11. The average Bonchev–Trinajstić information content (AvgIpc) is 3.14. The SMILES string of the molecule is COc1ccc(-c2c(C)noc2-c2ccc(OCc3ccccc3C)cc2O)cc1. The van der Waals surface area contributed by atoms with E-state index in [1.54, 1.807) is 19.2 Å². The minimum Gasteiger partial charge on any atom is -0.507 e. The monoisotopic (exact) mass is 401 g/mol. The van der Waals surface area contributed by atoms with Crippen LogP contribution in [0, 0.1) is 13.8 Å². The van der Waals surface area contributed by atoms with Crippen molar-refractivity contribution in [2.45, 2.75) is 20.5 Å². The molecule has 4 rings (SSSR count). The van der Waals surface area contributed by atoms with Crippen LogP contribution in [0.3, 0.4) is 0 Å². The van der Waals surface area contributed by atoms with Gasteiger partial charge in [-0.05, 0) is 54.8 Å². The van der Waals surface area contributed by atoms with Gasteiger partial charge in [0.1, 0.15) is 23.9 Å². The fourth-order valence-electron chi connectivity index (χ4n) is 3.38. The summed E-state index contributed by atoms with van der Waals surface area (Å²) < 4.78 is 16.7. The molecule has 0 aliphatic heterocycles. The van der Waals surface area contributed by atoms with Crippen LogP contribution in [0.5, 0.6) is 17.2 Å². The van der Waals surface area contributed by atoms with Crippen LogP contribution in [0.4, 0.5) is 0 Å². The third-order valence-corrected chi connectivity index (χ3v) is 5.11. The standard InChI is InChI=1S/C25H23NO4/c1-16-6-4-5-7-19(16)15-29-21-12-13-22(23(27)14-21)25-24(17(2)26-30-25)18-8-10-20(28-3)11-9-18/h4-14,27H,15H2,1-3H3. The minimum absolute atomic E-state index is 0.0724. The average molecular weight is 401 g/mol. The third kappa shape index (κ3) is 3.87. The van der Waals surface area contributed by atoms with Gasteiger partial charge in [0.15, 0.2) is 5.76 Å². The Morgan fingerprint density at radius 2 is 1.67 bits per heavy atom. The molecule has 0 bridgehead atoms. The predicted octanol–water partition coefficient (Wildman–Crippen LogP) is 5.92. The summed E-state index contributed by atoms with van der Waals surface area (Å²) in [6.45, 7) is 4.36. The second kappa shape index (κ2) is 8.33. The van der Waals surface area contributed by atoms with Crippen molar-refractivity contribution < 1.29 is 19.1 Å². The van der Waals surface area contributed by atoms with Gasteiger partial charge >= 0.3 is 0 Å². The van der Waals surface area contributed by atoms with Crippen molar-refractivity contribution in [3.63, 3.8) is 0 Å². The van der Waals surface area contributed by atoms with Gasteiger partial charge in [-0.2, -0.15) is 0 Å². The molecule has 5 nitrogen and oxygen atoms in total. The van der Waals surface area contributed by atoms with Gasteiger partial charge in [0.05, 0.1) is 23.9 Å². The summed E-state index contributed by atoms with van der Waals surface area (Å²) in [5.74, 6) is 1.94. The van der Waals surface area contributed by atoms with Crippen LogP contribution < -0.4 is 9.47 Å². The van der Waals surface area contributed by atoms with E-state index in [0.29, 0.717) is 23.7 Å². The zero-order valence-electron chi connectivity index (χ0n) is 17.2. The normalized spacial score (nSPS) is 10.8. The van der Waals surface area contributed by atoms with E-state index in [1.807, 2.05) is 68.4 Å². The molecule has 0 aliphatic carbocycles. The zero-order chi connectivity index (χ0) is 21.1. The Hall–Kier alpha value is -3.73. The number of aryl methyl sites for hydroxylation is 2. The number of phenolic OH excluding ortho intramolecular Hbond substituents is 1. The van der Waals surface area contributed by atoms with Crippen LogP contribution in [0.25, 0.3) is 22.5 Å². The maximum atomic E-state index is 10.7. The number of methoxy groups -OCH3 is 1. The molecule has 1 N–H and O–H groups in total.